The van der Waals surface area contributed by atoms with Gasteiger partial charge in [-0.15, -0.1) is 0 Å². The van der Waals surface area contributed by atoms with Gasteiger partial charge in [0.05, 0.1) is 17.7 Å². The smallest absolute Gasteiger partial charge is 0.294 e. The maximum absolute atomic E-state index is 12.8. The van der Waals surface area contributed by atoms with E-state index in [1.165, 1.54) is 7.11 Å². The molecule has 0 bridgehead atoms. The summed E-state index contributed by atoms with van der Waals surface area (Å²) < 4.78 is 10.8. The van der Waals surface area contributed by atoms with Crippen molar-refractivity contribution in [3.8, 4) is 11.5 Å². The lowest BCUT2D eigenvalue weighted by Gasteiger charge is -2.12. The van der Waals surface area contributed by atoms with Gasteiger partial charge in [0.2, 0.25) is 5.91 Å². The molecule has 4 rings (SSSR count). The number of ether oxygens (including phenoxy) is 2. The normalized spacial score (nSPS) is 13.9. The fourth-order valence-corrected chi connectivity index (χ4v) is 4.35. The molecule has 0 atom stereocenters. The number of imide groups is 1. The Labute approximate surface area is 223 Å². The van der Waals surface area contributed by atoms with E-state index in [0.717, 1.165) is 22.2 Å². The third-order valence-electron chi connectivity index (χ3n) is 5.44. The van der Waals surface area contributed by atoms with E-state index >= 15 is 0 Å². The van der Waals surface area contributed by atoms with Crippen molar-refractivity contribution in [2.24, 2.45) is 0 Å². The van der Waals surface area contributed by atoms with E-state index in [1.807, 2.05) is 19.1 Å². The number of nitrogens with one attached hydrogen (secondary N) is 2. The minimum absolute atomic E-state index is 0.207. The molecule has 0 aliphatic carbocycles. The molecule has 1 saturated heterocycles. The molecule has 3 aromatic carbocycles. The van der Waals surface area contributed by atoms with Crippen LogP contribution in [-0.2, 0) is 14.4 Å². The van der Waals surface area contributed by atoms with Gasteiger partial charge in [-0.05, 0) is 66.7 Å². The Hall–Kier alpha value is -4.57. The Balaban J connectivity index is 1.31. The number of benzene rings is 3. The van der Waals surface area contributed by atoms with Crippen molar-refractivity contribution in [2.45, 2.75) is 6.92 Å². The topological polar surface area (TPSA) is 114 Å². The Morgan fingerprint density at radius 3 is 2.34 bits per heavy atom. The molecule has 0 saturated carbocycles. The first-order valence-electron chi connectivity index (χ1n) is 11.6. The van der Waals surface area contributed by atoms with Crippen LogP contribution in [0.4, 0.5) is 16.2 Å². The lowest BCUT2D eigenvalue weighted by atomic mass is 10.2. The third-order valence-corrected chi connectivity index (χ3v) is 6.35. The van der Waals surface area contributed by atoms with E-state index in [1.54, 1.807) is 66.7 Å². The summed E-state index contributed by atoms with van der Waals surface area (Å²) in [6, 6.07) is 21.0. The monoisotopic (exact) mass is 531 g/mol. The van der Waals surface area contributed by atoms with E-state index < -0.39 is 17.1 Å². The molecule has 1 aliphatic rings. The molecule has 2 N–H and O–H groups in total. The highest BCUT2D eigenvalue weighted by atomic mass is 32.2. The van der Waals surface area contributed by atoms with Crippen molar-refractivity contribution in [2.75, 3.05) is 30.9 Å². The highest BCUT2D eigenvalue weighted by Crippen LogP contribution is 2.32. The minimum Gasteiger partial charge on any atom is -0.495 e. The first kappa shape index (κ1) is 26.5. The quantitative estimate of drug-likeness (QED) is 0.385. The Bertz CT molecular complexity index is 1390. The number of amides is 4. The van der Waals surface area contributed by atoms with Crippen molar-refractivity contribution in [1.29, 1.82) is 0 Å². The number of thioether (sulfide) groups is 1. The summed E-state index contributed by atoms with van der Waals surface area (Å²) in [4.78, 5) is 50.8. The highest BCUT2D eigenvalue weighted by Gasteiger charge is 2.36. The summed E-state index contributed by atoms with van der Waals surface area (Å²) in [6.07, 6.45) is 1.57. The molecule has 1 heterocycles. The van der Waals surface area contributed by atoms with E-state index in [-0.39, 0.29) is 24.0 Å². The van der Waals surface area contributed by atoms with Crippen LogP contribution < -0.4 is 20.1 Å². The molecule has 3 aromatic rings. The van der Waals surface area contributed by atoms with Crippen LogP contribution in [0, 0.1) is 6.92 Å². The average molecular weight is 532 g/mol. The van der Waals surface area contributed by atoms with Crippen molar-refractivity contribution in [1.82, 2.24) is 4.90 Å². The maximum Gasteiger partial charge on any atom is 0.294 e. The van der Waals surface area contributed by atoms with Gasteiger partial charge in [0.25, 0.3) is 17.1 Å². The predicted octanol–water partition coefficient (Wildman–Crippen LogP) is 4.70. The molecule has 0 radical (unpaired) electrons. The van der Waals surface area contributed by atoms with Crippen molar-refractivity contribution in [3.63, 3.8) is 0 Å². The van der Waals surface area contributed by atoms with Gasteiger partial charge in [0.15, 0.2) is 6.61 Å². The molecule has 10 heteroatoms. The van der Waals surface area contributed by atoms with Gasteiger partial charge < -0.3 is 20.1 Å². The van der Waals surface area contributed by atoms with Crippen LogP contribution in [0.15, 0.2) is 77.7 Å². The zero-order valence-corrected chi connectivity index (χ0v) is 21.5. The second-order valence-corrected chi connectivity index (χ2v) is 9.28. The summed E-state index contributed by atoms with van der Waals surface area (Å²) in [5.41, 5.74) is 2.84. The number of para-hydroxylation sites is 2. The number of rotatable bonds is 9. The van der Waals surface area contributed by atoms with Crippen LogP contribution in [-0.4, -0.2) is 48.1 Å². The molecule has 9 nitrogen and oxygen atoms in total. The summed E-state index contributed by atoms with van der Waals surface area (Å²) in [6.45, 7) is 1.35. The molecule has 0 spiro atoms. The average Bonchev–Trinajstić information content (AvgIpc) is 3.17. The van der Waals surface area contributed by atoms with E-state index in [4.69, 9.17) is 9.47 Å². The Kier molecular flexibility index (Phi) is 8.44. The van der Waals surface area contributed by atoms with Crippen LogP contribution in [0.2, 0.25) is 0 Å². The fraction of sp³-hybridized carbons (Fsp3) is 0.143. The lowest BCUT2D eigenvalue weighted by molar-refractivity contribution is -0.127. The zero-order valence-electron chi connectivity index (χ0n) is 20.7. The number of methoxy groups -OCH3 is 1. The van der Waals surface area contributed by atoms with Crippen LogP contribution >= 0.6 is 11.8 Å². The Morgan fingerprint density at radius 1 is 0.921 bits per heavy atom. The fourth-order valence-electron chi connectivity index (χ4n) is 3.51. The number of anilines is 2. The van der Waals surface area contributed by atoms with Gasteiger partial charge in [0, 0.05) is 5.69 Å². The van der Waals surface area contributed by atoms with Gasteiger partial charge in [-0.1, -0.05) is 42.0 Å². The van der Waals surface area contributed by atoms with Gasteiger partial charge >= 0.3 is 0 Å². The Morgan fingerprint density at radius 2 is 1.63 bits per heavy atom. The van der Waals surface area contributed by atoms with Crippen LogP contribution in [0.1, 0.15) is 11.1 Å². The first-order valence-corrected chi connectivity index (χ1v) is 12.4. The minimum atomic E-state index is -0.535. The third kappa shape index (κ3) is 6.80. The van der Waals surface area contributed by atoms with Crippen LogP contribution in [0.25, 0.3) is 6.08 Å². The summed E-state index contributed by atoms with van der Waals surface area (Å²) >= 11 is 0.773. The number of aryl methyl sites for hydroxylation is 1. The zero-order chi connectivity index (χ0) is 27.1. The number of nitrogens with zero attached hydrogens (tertiary/aromatic N) is 1. The second kappa shape index (κ2) is 12.1. The molecule has 38 heavy (non-hydrogen) atoms. The maximum atomic E-state index is 12.8. The highest BCUT2D eigenvalue weighted by molar-refractivity contribution is 8.18. The summed E-state index contributed by atoms with van der Waals surface area (Å²) in [5, 5.41) is 4.90. The van der Waals surface area contributed by atoms with E-state index in [2.05, 4.69) is 10.6 Å². The molecule has 194 valence electrons. The van der Waals surface area contributed by atoms with Crippen molar-refractivity contribution >= 4 is 52.2 Å². The molecule has 1 fully saturated rings. The van der Waals surface area contributed by atoms with Gasteiger partial charge in [0.1, 0.15) is 18.0 Å². The molecule has 4 amide bonds. The van der Waals surface area contributed by atoms with Crippen LogP contribution in [0.3, 0.4) is 0 Å². The number of hydrogen-bond donors (Lipinski definition) is 2. The van der Waals surface area contributed by atoms with E-state index in [0.29, 0.717) is 28.4 Å². The molecular formula is C28H25N3O6S. The molecule has 0 aromatic heterocycles. The molecule has 0 unspecified atom stereocenters. The van der Waals surface area contributed by atoms with Crippen molar-refractivity contribution in [3.05, 3.63) is 88.8 Å². The first-order chi connectivity index (χ1) is 18.3. The van der Waals surface area contributed by atoms with Gasteiger partial charge in [-0.3, -0.25) is 24.1 Å². The standard InChI is InChI=1S/C28H25N3O6S/c1-18-7-11-20(12-8-18)29-25(32)16-31-27(34)24(38-28(31)35)15-19-9-13-21(14-10-19)37-17-26(33)30-22-5-3-4-6-23(22)36-2/h3-15H,16-17H2,1-2H3,(H,29,32)(H,30,33)/b24-15-. The van der Waals surface area contributed by atoms with E-state index in [9.17, 15) is 19.2 Å². The number of carbonyl (C=O) groups excluding carboxylic acids is 4. The second-order valence-electron chi connectivity index (χ2n) is 8.29. The van der Waals surface area contributed by atoms with Crippen molar-refractivity contribution < 1.29 is 28.7 Å². The summed E-state index contributed by atoms with van der Waals surface area (Å²) in [5.74, 6) is -0.348. The molecular weight excluding hydrogens is 506 g/mol. The lowest BCUT2D eigenvalue weighted by Crippen LogP contribution is -2.36. The summed E-state index contributed by atoms with van der Waals surface area (Å²) in [7, 11) is 1.52. The largest absolute Gasteiger partial charge is 0.495 e. The van der Waals surface area contributed by atoms with Gasteiger partial charge in [-0.2, -0.15) is 0 Å². The number of hydrogen-bond acceptors (Lipinski definition) is 7. The SMILES string of the molecule is COc1ccccc1NC(=O)COc1ccc(/C=C2\SC(=O)N(CC(=O)Nc3ccc(C)cc3)C2=O)cc1. The van der Waals surface area contributed by atoms with Crippen LogP contribution in [0.5, 0.6) is 11.5 Å². The molecule has 1 aliphatic heterocycles. The predicted molar refractivity (Wildman–Crippen MR) is 146 cm³/mol. The van der Waals surface area contributed by atoms with Gasteiger partial charge in [-0.25, -0.2) is 0 Å². The number of carbonyl (C=O) groups is 4.